The Morgan fingerprint density at radius 3 is 2.34 bits per heavy atom. The van der Waals surface area contributed by atoms with E-state index in [9.17, 15) is 0 Å². The molecule has 3 heterocycles. The molecule has 0 amide bonds. The van der Waals surface area contributed by atoms with Crippen molar-refractivity contribution >= 4 is 11.5 Å². The topological polar surface area (TPSA) is 36.7 Å². The van der Waals surface area contributed by atoms with Crippen LogP contribution in [-0.2, 0) is 0 Å². The highest BCUT2D eigenvalue weighted by atomic mass is 15.4. The van der Waals surface area contributed by atoms with Crippen LogP contribution in [0.2, 0.25) is 0 Å². The number of hydrogen-bond acceptors (Lipinski definition) is 4. The van der Waals surface area contributed by atoms with Crippen LogP contribution in [0.25, 0.3) is 16.9 Å². The first-order valence-electron chi connectivity index (χ1n) is 11.1. The van der Waals surface area contributed by atoms with Crippen molar-refractivity contribution < 1.29 is 0 Å². The van der Waals surface area contributed by atoms with Crippen LogP contribution in [0.4, 0.5) is 5.82 Å². The Labute approximate surface area is 173 Å². The molecule has 5 nitrogen and oxygen atoms in total. The predicted octanol–water partition coefficient (Wildman–Crippen LogP) is 4.47. The van der Waals surface area contributed by atoms with Gasteiger partial charge in [0.05, 0.1) is 5.69 Å². The Bertz CT molecular complexity index is 979. The summed E-state index contributed by atoms with van der Waals surface area (Å²) in [5.74, 6) is 1.18. The molecule has 0 spiro atoms. The zero-order valence-corrected chi connectivity index (χ0v) is 17.6. The zero-order chi connectivity index (χ0) is 19.8. The van der Waals surface area contributed by atoms with Gasteiger partial charge in [0.1, 0.15) is 5.82 Å². The molecule has 0 atom stereocenters. The molecule has 1 saturated heterocycles. The van der Waals surface area contributed by atoms with Gasteiger partial charge in [0, 0.05) is 55.1 Å². The van der Waals surface area contributed by atoms with Crippen LogP contribution in [0.3, 0.4) is 0 Å². The molecule has 1 aromatic carbocycles. The lowest BCUT2D eigenvalue weighted by molar-refractivity contribution is 0.147. The van der Waals surface area contributed by atoms with Gasteiger partial charge in [-0.1, -0.05) is 49.6 Å². The van der Waals surface area contributed by atoms with Crippen LogP contribution in [0.1, 0.15) is 43.4 Å². The van der Waals surface area contributed by atoms with E-state index in [4.69, 9.17) is 10.1 Å². The van der Waals surface area contributed by atoms with Gasteiger partial charge in [0.15, 0.2) is 5.65 Å². The summed E-state index contributed by atoms with van der Waals surface area (Å²) in [7, 11) is 0. The molecule has 2 fully saturated rings. The fraction of sp³-hybridized carbons (Fsp3) is 0.500. The van der Waals surface area contributed by atoms with E-state index in [1.165, 1.54) is 37.9 Å². The molecule has 0 radical (unpaired) electrons. The maximum absolute atomic E-state index is 5.01. The molecule has 29 heavy (non-hydrogen) atoms. The second-order valence-corrected chi connectivity index (χ2v) is 8.65. The van der Waals surface area contributed by atoms with Gasteiger partial charge in [-0.2, -0.15) is 9.61 Å². The van der Waals surface area contributed by atoms with E-state index in [-0.39, 0.29) is 0 Å². The lowest BCUT2D eigenvalue weighted by atomic mass is 9.94. The molecule has 1 saturated carbocycles. The molecule has 5 rings (SSSR count). The molecule has 1 aliphatic carbocycles. The second kappa shape index (κ2) is 7.79. The van der Waals surface area contributed by atoms with Gasteiger partial charge in [-0.15, -0.1) is 0 Å². The number of benzene rings is 1. The lowest BCUT2D eigenvalue weighted by Gasteiger charge is -2.41. The molecule has 1 aliphatic heterocycles. The summed E-state index contributed by atoms with van der Waals surface area (Å²) < 4.78 is 2.07. The van der Waals surface area contributed by atoms with Gasteiger partial charge >= 0.3 is 0 Å². The van der Waals surface area contributed by atoms with Crippen LogP contribution >= 0.6 is 0 Å². The second-order valence-electron chi connectivity index (χ2n) is 8.65. The summed E-state index contributed by atoms with van der Waals surface area (Å²) in [6, 6.07) is 13.5. The minimum absolute atomic E-state index is 0.807. The molecule has 2 aromatic heterocycles. The Hall–Kier alpha value is -2.40. The standard InChI is InChI=1S/C24H31N5/c1-18-17-22(28-15-13-27(14-16-28)21-11-7-4-8-12-21)29-24(25-18)19(2)23(26-29)20-9-5-3-6-10-20/h3,5-6,9-10,17,21H,4,7-8,11-16H2,1-2H3. The fourth-order valence-corrected chi connectivity index (χ4v) is 5.08. The lowest BCUT2D eigenvalue weighted by Crippen LogP contribution is -2.51. The number of aryl methyl sites for hydroxylation is 2. The number of piperazine rings is 1. The first-order valence-corrected chi connectivity index (χ1v) is 11.1. The van der Waals surface area contributed by atoms with E-state index < -0.39 is 0 Å². The highest BCUT2D eigenvalue weighted by Crippen LogP contribution is 2.29. The van der Waals surface area contributed by atoms with E-state index in [0.29, 0.717) is 0 Å². The summed E-state index contributed by atoms with van der Waals surface area (Å²) in [5.41, 5.74) is 5.38. The van der Waals surface area contributed by atoms with Crippen molar-refractivity contribution in [2.24, 2.45) is 0 Å². The largest absolute Gasteiger partial charge is 0.354 e. The quantitative estimate of drug-likeness (QED) is 0.662. The number of rotatable bonds is 3. The van der Waals surface area contributed by atoms with Crippen LogP contribution < -0.4 is 4.90 Å². The first kappa shape index (κ1) is 18.6. The van der Waals surface area contributed by atoms with Crippen molar-refractivity contribution in [3.8, 4) is 11.3 Å². The third kappa shape index (κ3) is 3.52. The van der Waals surface area contributed by atoms with Crippen LogP contribution in [-0.4, -0.2) is 51.7 Å². The molecule has 0 N–H and O–H groups in total. The van der Waals surface area contributed by atoms with Gasteiger partial charge in [-0.25, -0.2) is 4.98 Å². The van der Waals surface area contributed by atoms with Gasteiger partial charge in [-0.3, -0.25) is 4.90 Å². The number of nitrogens with zero attached hydrogens (tertiary/aromatic N) is 5. The average molecular weight is 390 g/mol. The van der Waals surface area contributed by atoms with E-state index in [0.717, 1.165) is 60.4 Å². The summed E-state index contributed by atoms with van der Waals surface area (Å²) in [6.45, 7) is 8.67. The van der Waals surface area contributed by atoms with Crippen molar-refractivity contribution in [2.75, 3.05) is 31.1 Å². The van der Waals surface area contributed by atoms with Gasteiger partial charge in [-0.05, 0) is 26.7 Å². The van der Waals surface area contributed by atoms with Crippen LogP contribution in [0, 0.1) is 13.8 Å². The van der Waals surface area contributed by atoms with E-state index in [2.05, 4.69) is 58.5 Å². The zero-order valence-electron chi connectivity index (χ0n) is 17.6. The summed E-state index contributed by atoms with van der Waals surface area (Å²) in [6.07, 6.45) is 7.01. The number of fused-ring (bicyclic) bond motifs is 1. The van der Waals surface area contributed by atoms with Crippen LogP contribution in [0.5, 0.6) is 0 Å². The molecule has 0 unspecified atom stereocenters. The third-order valence-corrected chi connectivity index (χ3v) is 6.71. The van der Waals surface area contributed by atoms with Gasteiger partial charge in [0.25, 0.3) is 0 Å². The summed E-state index contributed by atoms with van der Waals surface area (Å²) >= 11 is 0. The van der Waals surface area contributed by atoms with Crippen molar-refractivity contribution in [1.82, 2.24) is 19.5 Å². The molecule has 5 heteroatoms. The third-order valence-electron chi connectivity index (χ3n) is 6.71. The maximum atomic E-state index is 5.01. The van der Waals surface area contributed by atoms with E-state index >= 15 is 0 Å². The van der Waals surface area contributed by atoms with Crippen molar-refractivity contribution in [2.45, 2.75) is 52.0 Å². The van der Waals surface area contributed by atoms with Crippen molar-refractivity contribution in [3.05, 3.63) is 47.7 Å². The molecule has 3 aromatic rings. The minimum atomic E-state index is 0.807. The average Bonchev–Trinajstić information content (AvgIpc) is 3.11. The fourth-order valence-electron chi connectivity index (χ4n) is 5.08. The first-order chi connectivity index (χ1) is 14.2. The predicted molar refractivity (Wildman–Crippen MR) is 119 cm³/mol. The maximum Gasteiger partial charge on any atom is 0.161 e. The highest BCUT2D eigenvalue weighted by Gasteiger charge is 2.27. The molecule has 152 valence electrons. The minimum Gasteiger partial charge on any atom is -0.354 e. The van der Waals surface area contributed by atoms with Gasteiger partial charge < -0.3 is 4.90 Å². The monoisotopic (exact) mass is 389 g/mol. The molecule has 0 bridgehead atoms. The Balaban J connectivity index is 1.44. The Kier molecular flexibility index (Phi) is 5.00. The van der Waals surface area contributed by atoms with Crippen molar-refractivity contribution in [3.63, 3.8) is 0 Å². The Morgan fingerprint density at radius 1 is 0.897 bits per heavy atom. The normalized spacial score (nSPS) is 19.2. The number of hydrogen-bond donors (Lipinski definition) is 0. The van der Waals surface area contributed by atoms with E-state index in [1.54, 1.807) is 0 Å². The van der Waals surface area contributed by atoms with Crippen molar-refractivity contribution in [1.29, 1.82) is 0 Å². The van der Waals surface area contributed by atoms with Gasteiger partial charge in [0.2, 0.25) is 0 Å². The smallest absolute Gasteiger partial charge is 0.161 e. The summed E-state index contributed by atoms with van der Waals surface area (Å²) in [4.78, 5) is 10.1. The highest BCUT2D eigenvalue weighted by molar-refractivity contribution is 5.71. The Morgan fingerprint density at radius 2 is 1.62 bits per heavy atom. The number of anilines is 1. The molecular weight excluding hydrogens is 358 g/mol. The summed E-state index contributed by atoms with van der Waals surface area (Å²) in [5, 5.41) is 5.01. The van der Waals surface area contributed by atoms with E-state index in [1.807, 2.05) is 6.07 Å². The van der Waals surface area contributed by atoms with Crippen LogP contribution in [0.15, 0.2) is 36.4 Å². The molecule has 2 aliphatic rings. The molecular formula is C24H31N5. The number of aromatic nitrogens is 3. The SMILES string of the molecule is Cc1cc(N2CCN(C3CCCCC3)CC2)n2nc(-c3ccccc3)c(C)c2n1.